The molecule has 0 aliphatic heterocycles. The Kier molecular flexibility index (Phi) is 7.73. The van der Waals surface area contributed by atoms with Gasteiger partial charge < -0.3 is 15.4 Å². The molecule has 0 fully saturated rings. The lowest BCUT2D eigenvalue weighted by Gasteiger charge is -2.22. The summed E-state index contributed by atoms with van der Waals surface area (Å²) in [7, 11) is 0. The van der Waals surface area contributed by atoms with Crippen molar-refractivity contribution in [1.82, 2.24) is 4.90 Å². The Balaban J connectivity index is 2.50. The summed E-state index contributed by atoms with van der Waals surface area (Å²) < 4.78 is 5.38. The van der Waals surface area contributed by atoms with Gasteiger partial charge in [-0.05, 0) is 30.5 Å². The van der Waals surface area contributed by atoms with Crippen LogP contribution in [-0.2, 0) is 16.1 Å². The van der Waals surface area contributed by atoms with Crippen molar-refractivity contribution in [2.45, 2.75) is 39.7 Å². The average molecular weight is 278 g/mol. The molecule has 4 heteroatoms. The maximum atomic E-state index is 12.2. The van der Waals surface area contributed by atoms with Crippen LogP contribution in [0, 0.1) is 0 Å². The molecule has 0 heterocycles. The monoisotopic (exact) mass is 278 g/mol. The molecule has 0 aliphatic carbocycles. The lowest BCUT2D eigenvalue weighted by molar-refractivity contribution is -0.133. The highest BCUT2D eigenvalue weighted by atomic mass is 16.5. The van der Waals surface area contributed by atoms with E-state index in [4.69, 9.17) is 10.5 Å². The van der Waals surface area contributed by atoms with Crippen LogP contribution in [0.1, 0.15) is 38.7 Å². The Labute approximate surface area is 121 Å². The molecule has 0 radical (unpaired) electrons. The molecule has 0 atom stereocenters. The van der Waals surface area contributed by atoms with Crippen LogP contribution < -0.4 is 5.73 Å². The molecule has 1 amide bonds. The molecular weight excluding hydrogens is 252 g/mol. The van der Waals surface area contributed by atoms with Crippen molar-refractivity contribution in [3.8, 4) is 0 Å². The number of amides is 1. The van der Waals surface area contributed by atoms with Crippen LogP contribution in [0.3, 0.4) is 0 Å². The number of carbonyl (C=O) groups excluding carboxylic acids is 1. The van der Waals surface area contributed by atoms with Crippen molar-refractivity contribution >= 4 is 11.6 Å². The number of nitrogens with zero attached hydrogens (tertiary/aromatic N) is 1. The third-order valence-electron chi connectivity index (χ3n) is 3.01. The van der Waals surface area contributed by atoms with Crippen LogP contribution in [-0.4, -0.2) is 30.6 Å². The van der Waals surface area contributed by atoms with Crippen LogP contribution in [0.25, 0.3) is 0 Å². The first-order chi connectivity index (χ1) is 9.67. The molecule has 1 aromatic carbocycles. The summed E-state index contributed by atoms with van der Waals surface area (Å²) in [4.78, 5) is 14.1. The fourth-order valence-electron chi connectivity index (χ4n) is 1.97. The third kappa shape index (κ3) is 6.06. The van der Waals surface area contributed by atoms with Gasteiger partial charge in [-0.1, -0.05) is 26.0 Å². The van der Waals surface area contributed by atoms with Gasteiger partial charge in [-0.2, -0.15) is 0 Å². The number of anilines is 1. The van der Waals surface area contributed by atoms with E-state index in [2.05, 4.69) is 13.8 Å². The van der Waals surface area contributed by atoms with Gasteiger partial charge in [-0.15, -0.1) is 0 Å². The fourth-order valence-corrected chi connectivity index (χ4v) is 1.97. The van der Waals surface area contributed by atoms with Gasteiger partial charge in [-0.25, -0.2) is 0 Å². The van der Waals surface area contributed by atoms with E-state index in [9.17, 15) is 4.79 Å². The van der Waals surface area contributed by atoms with Crippen LogP contribution in [0.4, 0.5) is 5.69 Å². The zero-order valence-electron chi connectivity index (χ0n) is 12.6. The van der Waals surface area contributed by atoms with Crippen LogP contribution in [0.5, 0.6) is 0 Å². The predicted molar refractivity (Wildman–Crippen MR) is 82.3 cm³/mol. The zero-order valence-corrected chi connectivity index (χ0v) is 12.6. The molecule has 0 saturated carbocycles. The standard InChI is InChI=1S/C16H26N2O2/c1-3-10-18(16(19)9-12-20-11-4-2)13-14-5-7-15(17)8-6-14/h5-8H,3-4,9-13,17H2,1-2H3. The minimum absolute atomic E-state index is 0.153. The predicted octanol–water partition coefficient (Wildman–Crippen LogP) is 2.82. The minimum Gasteiger partial charge on any atom is -0.399 e. The van der Waals surface area contributed by atoms with E-state index >= 15 is 0 Å². The second-order valence-corrected chi connectivity index (χ2v) is 4.92. The molecule has 0 unspecified atom stereocenters. The molecule has 1 aromatic rings. The molecule has 1 rings (SSSR count). The van der Waals surface area contributed by atoms with E-state index in [0.717, 1.165) is 37.2 Å². The largest absolute Gasteiger partial charge is 0.399 e. The quantitative estimate of drug-likeness (QED) is 0.558. The van der Waals surface area contributed by atoms with E-state index in [1.165, 1.54) is 0 Å². The van der Waals surface area contributed by atoms with Crippen molar-refractivity contribution in [2.75, 3.05) is 25.5 Å². The molecule has 112 valence electrons. The number of nitrogen functional groups attached to an aromatic ring is 1. The van der Waals surface area contributed by atoms with E-state index in [0.29, 0.717) is 19.6 Å². The second-order valence-electron chi connectivity index (χ2n) is 4.92. The number of ether oxygens (including phenoxy) is 1. The molecule has 20 heavy (non-hydrogen) atoms. The normalized spacial score (nSPS) is 10.5. The maximum absolute atomic E-state index is 12.2. The highest BCUT2D eigenvalue weighted by molar-refractivity contribution is 5.76. The second kappa shape index (κ2) is 9.37. The van der Waals surface area contributed by atoms with Gasteiger partial charge in [0.25, 0.3) is 0 Å². The van der Waals surface area contributed by atoms with E-state index in [1.807, 2.05) is 29.2 Å². The van der Waals surface area contributed by atoms with E-state index < -0.39 is 0 Å². The van der Waals surface area contributed by atoms with Gasteiger partial charge in [0.2, 0.25) is 5.91 Å². The number of hydrogen-bond donors (Lipinski definition) is 1. The molecule has 0 bridgehead atoms. The third-order valence-corrected chi connectivity index (χ3v) is 3.01. The minimum atomic E-state index is 0.153. The molecule has 0 aliphatic rings. The van der Waals surface area contributed by atoms with Gasteiger partial charge in [0.05, 0.1) is 13.0 Å². The molecule has 0 spiro atoms. The average Bonchev–Trinajstić information content (AvgIpc) is 2.45. The highest BCUT2D eigenvalue weighted by Crippen LogP contribution is 2.10. The van der Waals surface area contributed by atoms with Crippen molar-refractivity contribution in [2.24, 2.45) is 0 Å². The Bertz CT molecular complexity index is 390. The fraction of sp³-hybridized carbons (Fsp3) is 0.562. The van der Waals surface area contributed by atoms with Crippen molar-refractivity contribution in [1.29, 1.82) is 0 Å². The van der Waals surface area contributed by atoms with Crippen LogP contribution in [0.2, 0.25) is 0 Å². The molecule has 4 nitrogen and oxygen atoms in total. The summed E-state index contributed by atoms with van der Waals surface area (Å²) in [5, 5.41) is 0. The highest BCUT2D eigenvalue weighted by Gasteiger charge is 2.12. The lowest BCUT2D eigenvalue weighted by atomic mass is 10.2. The SMILES string of the molecule is CCCOCCC(=O)N(CCC)Cc1ccc(N)cc1. The number of benzene rings is 1. The maximum Gasteiger partial charge on any atom is 0.225 e. The van der Waals surface area contributed by atoms with Gasteiger partial charge in [0.15, 0.2) is 0 Å². The summed E-state index contributed by atoms with van der Waals surface area (Å²) in [6.45, 7) is 6.79. The Morgan fingerprint density at radius 1 is 1.15 bits per heavy atom. The number of nitrogens with two attached hydrogens (primary N) is 1. The Hall–Kier alpha value is -1.55. The van der Waals surface area contributed by atoms with E-state index in [1.54, 1.807) is 0 Å². The summed E-state index contributed by atoms with van der Waals surface area (Å²) in [5.41, 5.74) is 7.53. The van der Waals surface area contributed by atoms with Crippen LogP contribution in [0.15, 0.2) is 24.3 Å². The topological polar surface area (TPSA) is 55.6 Å². The van der Waals surface area contributed by atoms with Gasteiger partial charge >= 0.3 is 0 Å². The summed E-state index contributed by atoms with van der Waals surface area (Å²) in [6, 6.07) is 7.68. The lowest BCUT2D eigenvalue weighted by Crippen LogP contribution is -2.32. The Morgan fingerprint density at radius 2 is 1.85 bits per heavy atom. The number of hydrogen-bond acceptors (Lipinski definition) is 3. The summed E-state index contributed by atoms with van der Waals surface area (Å²) in [6.07, 6.45) is 2.39. The van der Waals surface area contributed by atoms with Crippen LogP contribution >= 0.6 is 0 Å². The first kappa shape index (κ1) is 16.5. The first-order valence-corrected chi connectivity index (χ1v) is 7.37. The molecular formula is C16H26N2O2. The number of carbonyl (C=O) groups is 1. The summed E-state index contributed by atoms with van der Waals surface area (Å²) in [5.74, 6) is 0.153. The summed E-state index contributed by atoms with van der Waals surface area (Å²) >= 11 is 0. The van der Waals surface area contributed by atoms with Gasteiger partial charge in [0.1, 0.15) is 0 Å². The molecule has 2 N–H and O–H groups in total. The van der Waals surface area contributed by atoms with Crippen molar-refractivity contribution in [3.63, 3.8) is 0 Å². The number of rotatable bonds is 9. The molecule has 0 saturated heterocycles. The van der Waals surface area contributed by atoms with E-state index in [-0.39, 0.29) is 5.91 Å². The van der Waals surface area contributed by atoms with Crippen molar-refractivity contribution in [3.05, 3.63) is 29.8 Å². The Morgan fingerprint density at radius 3 is 2.45 bits per heavy atom. The zero-order chi connectivity index (χ0) is 14.8. The van der Waals surface area contributed by atoms with Crippen molar-refractivity contribution < 1.29 is 9.53 Å². The van der Waals surface area contributed by atoms with Gasteiger partial charge in [-0.3, -0.25) is 4.79 Å². The molecule has 0 aromatic heterocycles. The smallest absolute Gasteiger partial charge is 0.225 e. The first-order valence-electron chi connectivity index (χ1n) is 7.37. The van der Waals surface area contributed by atoms with Gasteiger partial charge in [0, 0.05) is 25.4 Å².